The van der Waals surface area contributed by atoms with Crippen molar-refractivity contribution in [3.05, 3.63) is 42.6 Å². The summed E-state index contributed by atoms with van der Waals surface area (Å²) in [5.74, 6) is 1.18. The molecule has 0 saturated carbocycles. The summed E-state index contributed by atoms with van der Waals surface area (Å²) in [6.07, 6.45) is 1.67. The number of amides is 1. The first kappa shape index (κ1) is 14.8. The molecule has 0 aliphatic heterocycles. The molecule has 0 spiro atoms. The molecule has 0 radical (unpaired) electrons. The summed E-state index contributed by atoms with van der Waals surface area (Å²) in [7, 11) is 1.63. The lowest BCUT2D eigenvalue weighted by Crippen LogP contribution is -2.18. The SMILES string of the molecule is COc1ccccc1Nc1ccc(NC(=O)C(C)C)nc1. The van der Waals surface area contributed by atoms with Crippen LogP contribution in [0.5, 0.6) is 5.75 Å². The summed E-state index contributed by atoms with van der Waals surface area (Å²) in [5, 5.41) is 5.98. The van der Waals surface area contributed by atoms with Gasteiger partial charge in [0, 0.05) is 5.92 Å². The highest BCUT2D eigenvalue weighted by molar-refractivity contribution is 5.91. The van der Waals surface area contributed by atoms with Crippen LogP contribution in [0.1, 0.15) is 13.8 Å². The Kier molecular flexibility index (Phi) is 4.77. The van der Waals surface area contributed by atoms with Crippen LogP contribution >= 0.6 is 0 Å². The quantitative estimate of drug-likeness (QED) is 0.883. The first-order chi connectivity index (χ1) is 10.1. The molecule has 0 aliphatic carbocycles. The fraction of sp³-hybridized carbons (Fsp3) is 0.250. The number of methoxy groups -OCH3 is 1. The molecule has 0 saturated heterocycles. The van der Waals surface area contributed by atoms with E-state index in [-0.39, 0.29) is 11.8 Å². The summed E-state index contributed by atoms with van der Waals surface area (Å²) in [5.41, 5.74) is 1.68. The number of pyridine rings is 1. The summed E-state index contributed by atoms with van der Waals surface area (Å²) in [6, 6.07) is 11.3. The molecule has 0 unspecified atom stereocenters. The number of aromatic nitrogens is 1. The van der Waals surface area contributed by atoms with Gasteiger partial charge in [0.25, 0.3) is 0 Å². The van der Waals surface area contributed by atoms with Crippen LogP contribution in [-0.4, -0.2) is 18.0 Å². The van der Waals surface area contributed by atoms with Crippen LogP contribution in [0.4, 0.5) is 17.2 Å². The number of carbonyl (C=O) groups is 1. The number of ether oxygens (including phenoxy) is 1. The van der Waals surface area contributed by atoms with Gasteiger partial charge >= 0.3 is 0 Å². The van der Waals surface area contributed by atoms with Crippen LogP contribution in [0.2, 0.25) is 0 Å². The van der Waals surface area contributed by atoms with Crippen LogP contribution in [0, 0.1) is 5.92 Å². The Morgan fingerprint density at radius 2 is 1.95 bits per heavy atom. The molecule has 0 fully saturated rings. The summed E-state index contributed by atoms with van der Waals surface area (Å²) in [6.45, 7) is 3.68. The maximum atomic E-state index is 11.6. The normalized spacial score (nSPS) is 10.3. The highest BCUT2D eigenvalue weighted by Crippen LogP contribution is 2.26. The van der Waals surface area contributed by atoms with Gasteiger partial charge in [0.15, 0.2) is 0 Å². The maximum absolute atomic E-state index is 11.6. The molecule has 0 atom stereocenters. The van der Waals surface area contributed by atoms with Crippen LogP contribution in [0.3, 0.4) is 0 Å². The van der Waals surface area contributed by atoms with Crippen LogP contribution in [-0.2, 0) is 4.79 Å². The smallest absolute Gasteiger partial charge is 0.228 e. The molecule has 5 nitrogen and oxygen atoms in total. The fourth-order valence-electron chi connectivity index (χ4n) is 1.72. The zero-order valence-corrected chi connectivity index (χ0v) is 12.4. The standard InChI is InChI=1S/C16H19N3O2/c1-11(2)16(20)19-15-9-8-12(10-17-15)18-13-6-4-5-7-14(13)21-3/h4-11,18H,1-3H3,(H,17,19,20). The second kappa shape index (κ2) is 6.74. The molecule has 2 N–H and O–H groups in total. The number of nitrogens with zero attached hydrogens (tertiary/aromatic N) is 1. The Hall–Kier alpha value is -2.56. The van der Waals surface area contributed by atoms with E-state index in [1.165, 1.54) is 0 Å². The van der Waals surface area contributed by atoms with Gasteiger partial charge in [-0.2, -0.15) is 0 Å². The maximum Gasteiger partial charge on any atom is 0.228 e. The predicted molar refractivity (Wildman–Crippen MR) is 84.0 cm³/mol. The van der Waals surface area contributed by atoms with Gasteiger partial charge in [-0.25, -0.2) is 4.98 Å². The second-order valence-corrected chi connectivity index (χ2v) is 4.90. The monoisotopic (exact) mass is 285 g/mol. The molecule has 0 bridgehead atoms. The van der Waals surface area contributed by atoms with Gasteiger partial charge in [0.2, 0.25) is 5.91 Å². The predicted octanol–water partition coefficient (Wildman–Crippen LogP) is 3.43. The van der Waals surface area contributed by atoms with E-state index in [9.17, 15) is 4.79 Å². The van der Waals surface area contributed by atoms with Crippen molar-refractivity contribution in [3.8, 4) is 5.75 Å². The fourth-order valence-corrected chi connectivity index (χ4v) is 1.72. The van der Waals surface area contributed by atoms with Gasteiger partial charge in [-0.3, -0.25) is 4.79 Å². The van der Waals surface area contributed by atoms with Crippen molar-refractivity contribution < 1.29 is 9.53 Å². The Morgan fingerprint density at radius 1 is 1.19 bits per heavy atom. The van der Waals surface area contributed by atoms with E-state index < -0.39 is 0 Å². The highest BCUT2D eigenvalue weighted by atomic mass is 16.5. The summed E-state index contributed by atoms with van der Waals surface area (Å²) in [4.78, 5) is 15.8. The van der Waals surface area contributed by atoms with Gasteiger partial charge in [-0.05, 0) is 24.3 Å². The molecule has 1 amide bonds. The minimum absolute atomic E-state index is 0.0482. The van der Waals surface area contributed by atoms with Crippen molar-refractivity contribution in [2.75, 3.05) is 17.7 Å². The first-order valence-corrected chi connectivity index (χ1v) is 6.77. The van der Waals surface area contributed by atoms with Crippen LogP contribution in [0.25, 0.3) is 0 Å². The molecular weight excluding hydrogens is 266 g/mol. The van der Waals surface area contributed by atoms with Gasteiger partial charge < -0.3 is 15.4 Å². The number of carbonyl (C=O) groups excluding carboxylic acids is 1. The lowest BCUT2D eigenvalue weighted by atomic mass is 10.2. The molecule has 1 aromatic carbocycles. The zero-order valence-electron chi connectivity index (χ0n) is 12.4. The van der Waals surface area contributed by atoms with Gasteiger partial charge in [-0.15, -0.1) is 0 Å². The lowest BCUT2D eigenvalue weighted by molar-refractivity contribution is -0.118. The average molecular weight is 285 g/mol. The zero-order chi connectivity index (χ0) is 15.2. The molecular formula is C16H19N3O2. The molecule has 2 aromatic rings. The van der Waals surface area contributed by atoms with Gasteiger partial charge in [0.05, 0.1) is 24.7 Å². The molecule has 21 heavy (non-hydrogen) atoms. The van der Waals surface area contributed by atoms with E-state index >= 15 is 0 Å². The lowest BCUT2D eigenvalue weighted by Gasteiger charge is -2.11. The van der Waals surface area contributed by atoms with E-state index in [1.54, 1.807) is 19.4 Å². The third kappa shape index (κ3) is 3.95. The number of hydrogen-bond acceptors (Lipinski definition) is 4. The number of nitrogens with one attached hydrogen (secondary N) is 2. The number of para-hydroxylation sites is 2. The second-order valence-electron chi connectivity index (χ2n) is 4.90. The number of benzene rings is 1. The highest BCUT2D eigenvalue weighted by Gasteiger charge is 2.08. The van der Waals surface area contributed by atoms with Gasteiger partial charge in [0.1, 0.15) is 11.6 Å². The Labute approximate surface area is 124 Å². The topological polar surface area (TPSA) is 63.2 Å². The Bertz CT molecular complexity index is 609. The molecule has 0 aliphatic rings. The van der Waals surface area contributed by atoms with E-state index in [0.29, 0.717) is 5.82 Å². The van der Waals surface area contributed by atoms with Crippen molar-refractivity contribution in [3.63, 3.8) is 0 Å². The van der Waals surface area contributed by atoms with Crippen molar-refractivity contribution in [2.24, 2.45) is 5.92 Å². The minimum atomic E-state index is -0.0711. The van der Waals surface area contributed by atoms with Crippen molar-refractivity contribution in [2.45, 2.75) is 13.8 Å². The third-order valence-corrected chi connectivity index (χ3v) is 2.93. The molecule has 110 valence electrons. The van der Waals surface area contributed by atoms with E-state index in [0.717, 1.165) is 17.1 Å². The number of rotatable bonds is 5. The third-order valence-electron chi connectivity index (χ3n) is 2.93. The molecule has 1 heterocycles. The minimum Gasteiger partial charge on any atom is -0.495 e. The molecule has 2 rings (SSSR count). The number of anilines is 3. The molecule has 1 aromatic heterocycles. The largest absolute Gasteiger partial charge is 0.495 e. The van der Waals surface area contributed by atoms with Crippen molar-refractivity contribution in [1.82, 2.24) is 4.98 Å². The summed E-state index contributed by atoms with van der Waals surface area (Å²) >= 11 is 0. The van der Waals surface area contributed by atoms with Crippen molar-refractivity contribution >= 4 is 23.1 Å². The van der Waals surface area contributed by atoms with Crippen molar-refractivity contribution in [1.29, 1.82) is 0 Å². The van der Waals surface area contributed by atoms with Crippen LogP contribution in [0.15, 0.2) is 42.6 Å². The van der Waals surface area contributed by atoms with Crippen LogP contribution < -0.4 is 15.4 Å². The summed E-state index contributed by atoms with van der Waals surface area (Å²) < 4.78 is 5.28. The Balaban J connectivity index is 2.07. The average Bonchev–Trinajstić information content (AvgIpc) is 2.49. The number of hydrogen-bond donors (Lipinski definition) is 2. The van der Waals surface area contributed by atoms with E-state index in [4.69, 9.17) is 4.74 Å². The van der Waals surface area contributed by atoms with E-state index in [1.807, 2.05) is 44.2 Å². The molecule has 5 heteroatoms. The van der Waals surface area contributed by atoms with Gasteiger partial charge in [-0.1, -0.05) is 26.0 Å². The van der Waals surface area contributed by atoms with E-state index in [2.05, 4.69) is 15.6 Å². The Morgan fingerprint density at radius 3 is 2.57 bits per heavy atom. The first-order valence-electron chi connectivity index (χ1n) is 6.77.